The summed E-state index contributed by atoms with van der Waals surface area (Å²) in [5, 5.41) is 21.8. The molecule has 1 aliphatic heterocycles. The zero-order valence-electron chi connectivity index (χ0n) is 20.2. The Hall–Kier alpha value is -3.80. The van der Waals surface area contributed by atoms with Crippen LogP contribution in [-0.2, 0) is 9.59 Å². The number of dihydropyridines is 1. The average molecular weight is 515 g/mol. The van der Waals surface area contributed by atoms with E-state index in [1.54, 1.807) is 0 Å². The van der Waals surface area contributed by atoms with Crippen LogP contribution in [0.2, 0.25) is 0 Å². The van der Waals surface area contributed by atoms with Gasteiger partial charge < -0.3 is 16.0 Å². The molecule has 4 rings (SSSR count). The molecule has 2 aromatic carbocycles. The number of aryl methyl sites for hydroxylation is 2. The number of nitrogens with zero attached hydrogens (tertiary/aromatic N) is 1. The van der Waals surface area contributed by atoms with Crippen LogP contribution in [-0.4, -0.2) is 17.6 Å². The molecule has 2 amide bonds. The van der Waals surface area contributed by atoms with Gasteiger partial charge in [0.2, 0.25) is 5.91 Å². The molecule has 0 fully saturated rings. The number of thioether (sulfide) groups is 1. The molecule has 2 heterocycles. The zero-order chi connectivity index (χ0) is 25.7. The summed E-state index contributed by atoms with van der Waals surface area (Å²) in [6.45, 7) is 5.75. The maximum absolute atomic E-state index is 13.4. The molecule has 8 heteroatoms. The van der Waals surface area contributed by atoms with E-state index in [-0.39, 0.29) is 17.6 Å². The van der Waals surface area contributed by atoms with Crippen LogP contribution in [0.4, 0.5) is 11.4 Å². The number of hydrogen-bond acceptors (Lipinski definition) is 6. The number of rotatable bonds is 7. The third-order valence-electron chi connectivity index (χ3n) is 5.77. The van der Waals surface area contributed by atoms with Crippen LogP contribution in [0.15, 0.2) is 87.9 Å². The quantitative estimate of drug-likeness (QED) is 0.356. The van der Waals surface area contributed by atoms with Gasteiger partial charge in [-0.2, -0.15) is 5.26 Å². The fraction of sp³-hybridized carbons (Fsp3) is 0.179. The van der Waals surface area contributed by atoms with Crippen LogP contribution in [0.3, 0.4) is 0 Å². The molecule has 1 atom stereocenters. The van der Waals surface area contributed by atoms with Crippen molar-refractivity contribution < 1.29 is 9.59 Å². The number of hydrogen-bond donors (Lipinski definition) is 3. The Morgan fingerprint density at radius 1 is 1.06 bits per heavy atom. The first kappa shape index (κ1) is 25.3. The van der Waals surface area contributed by atoms with Crippen molar-refractivity contribution in [1.29, 1.82) is 5.26 Å². The smallest absolute Gasteiger partial charge is 0.254 e. The van der Waals surface area contributed by atoms with Crippen molar-refractivity contribution in [2.75, 3.05) is 16.4 Å². The molecule has 3 N–H and O–H groups in total. The van der Waals surface area contributed by atoms with Crippen LogP contribution in [0, 0.1) is 25.2 Å². The van der Waals surface area contributed by atoms with E-state index in [0.29, 0.717) is 27.6 Å². The number of carbonyl (C=O) groups is 2. The van der Waals surface area contributed by atoms with E-state index >= 15 is 0 Å². The summed E-state index contributed by atoms with van der Waals surface area (Å²) < 4.78 is 0. The van der Waals surface area contributed by atoms with Crippen molar-refractivity contribution in [3.8, 4) is 6.07 Å². The monoisotopic (exact) mass is 514 g/mol. The molecule has 1 aliphatic rings. The van der Waals surface area contributed by atoms with Gasteiger partial charge in [0.25, 0.3) is 5.91 Å². The third-order valence-corrected chi connectivity index (χ3v) is 7.72. The predicted octanol–water partition coefficient (Wildman–Crippen LogP) is 6.07. The highest BCUT2D eigenvalue weighted by Gasteiger charge is 2.35. The number of para-hydroxylation sites is 1. The van der Waals surface area contributed by atoms with Crippen molar-refractivity contribution in [3.63, 3.8) is 0 Å². The molecule has 3 aromatic rings. The highest BCUT2D eigenvalue weighted by Crippen LogP contribution is 2.42. The van der Waals surface area contributed by atoms with Crippen LogP contribution in [0.25, 0.3) is 0 Å². The van der Waals surface area contributed by atoms with Gasteiger partial charge in [0.1, 0.15) is 0 Å². The van der Waals surface area contributed by atoms with E-state index in [9.17, 15) is 14.9 Å². The Morgan fingerprint density at radius 2 is 1.83 bits per heavy atom. The number of nitrogens with one attached hydrogen (secondary N) is 3. The van der Waals surface area contributed by atoms with Crippen molar-refractivity contribution in [3.05, 3.63) is 104 Å². The lowest BCUT2D eigenvalue weighted by Gasteiger charge is -2.29. The van der Waals surface area contributed by atoms with Gasteiger partial charge in [-0.3, -0.25) is 9.59 Å². The second-order valence-corrected chi connectivity index (χ2v) is 10.4. The first-order valence-corrected chi connectivity index (χ1v) is 13.3. The second-order valence-electron chi connectivity index (χ2n) is 8.44. The van der Waals surface area contributed by atoms with Gasteiger partial charge in [0.15, 0.2) is 0 Å². The summed E-state index contributed by atoms with van der Waals surface area (Å²) in [7, 11) is 0. The van der Waals surface area contributed by atoms with Crippen LogP contribution >= 0.6 is 23.1 Å². The molecule has 0 aliphatic carbocycles. The number of thiophene rings is 1. The van der Waals surface area contributed by atoms with Gasteiger partial charge in [-0.05, 0) is 61.5 Å². The molecule has 182 valence electrons. The lowest BCUT2D eigenvalue weighted by Crippen LogP contribution is -2.30. The van der Waals surface area contributed by atoms with Crippen molar-refractivity contribution >= 4 is 46.3 Å². The maximum atomic E-state index is 13.4. The summed E-state index contributed by atoms with van der Waals surface area (Å²) >= 11 is 2.76. The Kier molecular flexibility index (Phi) is 7.93. The second kappa shape index (κ2) is 11.3. The molecule has 0 radical (unpaired) electrons. The number of benzene rings is 2. The fourth-order valence-corrected chi connectivity index (χ4v) is 5.72. The third kappa shape index (κ3) is 5.70. The van der Waals surface area contributed by atoms with E-state index in [1.807, 2.05) is 86.8 Å². The summed E-state index contributed by atoms with van der Waals surface area (Å²) in [5.74, 6) is -0.836. The van der Waals surface area contributed by atoms with Gasteiger partial charge in [-0.25, -0.2) is 0 Å². The van der Waals surface area contributed by atoms with Crippen molar-refractivity contribution in [2.24, 2.45) is 0 Å². The first-order valence-electron chi connectivity index (χ1n) is 11.4. The summed E-state index contributed by atoms with van der Waals surface area (Å²) in [4.78, 5) is 27.0. The average Bonchev–Trinajstić information content (AvgIpc) is 3.39. The fourth-order valence-electron chi connectivity index (χ4n) is 3.98. The lowest BCUT2D eigenvalue weighted by molar-refractivity contribution is -0.114. The molecule has 36 heavy (non-hydrogen) atoms. The van der Waals surface area contributed by atoms with Crippen LogP contribution < -0.4 is 16.0 Å². The van der Waals surface area contributed by atoms with Crippen molar-refractivity contribution in [2.45, 2.75) is 26.7 Å². The SMILES string of the molecule is CC1=C(C(=O)Nc2ccccc2)[C@H](c2cccs2)C(C#N)=C(SCC(=O)Nc2cc(C)ccc2C)N1. The molecule has 0 saturated heterocycles. The predicted molar refractivity (Wildman–Crippen MR) is 148 cm³/mol. The molecular formula is C28H26N4O2S2. The molecule has 0 unspecified atom stereocenters. The topological polar surface area (TPSA) is 94.0 Å². The largest absolute Gasteiger partial charge is 0.353 e. The minimum absolute atomic E-state index is 0.122. The highest BCUT2D eigenvalue weighted by atomic mass is 32.2. The van der Waals surface area contributed by atoms with Crippen molar-refractivity contribution in [1.82, 2.24) is 5.32 Å². The Balaban J connectivity index is 1.58. The van der Waals surface area contributed by atoms with E-state index in [4.69, 9.17) is 0 Å². The maximum Gasteiger partial charge on any atom is 0.254 e. The number of carbonyl (C=O) groups excluding carboxylic acids is 2. The first-order chi connectivity index (χ1) is 17.4. The summed E-state index contributed by atoms with van der Waals surface area (Å²) in [6, 6.07) is 21.3. The van der Waals surface area contributed by atoms with E-state index in [1.165, 1.54) is 23.1 Å². The number of amides is 2. The normalized spacial score (nSPS) is 15.2. The Bertz CT molecular complexity index is 1390. The van der Waals surface area contributed by atoms with Gasteiger partial charge in [0, 0.05) is 27.5 Å². The van der Waals surface area contributed by atoms with Crippen LogP contribution in [0.5, 0.6) is 0 Å². The van der Waals surface area contributed by atoms with E-state index in [2.05, 4.69) is 22.0 Å². The standard InChI is InChI=1S/C28H26N4O2S2/c1-17-11-12-18(2)22(14-17)32-24(33)16-36-28-21(15-29)26(23-10-7-13-35-23)25(19(3)30-28)27(34)31-20-8-5-4-6-9-20/h4-14,26,30H,16H2,1-3H3,(H,31,34)(H,32,33)/t26-/m0/s1. The Morgan fingerprint density at radius 3 is 2.53 bits per heavy atom. The van der Waals surface area contributed by atoms with Gasteiger partial charge in [-0.15, -0.1) is 11.3 Å². The van der Waals surface area contributed by atoms with Gasteiger partial charge in [-0.1, -0.05) is 48.2 Å². The number of allylic oxidation sites excluding steroid dienone is 2. The number of anilines is 2. The molecule has 0 spiro atoms. The van der Waals surface area contributed by atoms with Gasteiger partial charge >= 0.3 is 0 Å². The minimum Gasteiger partial charge on any atom is -0.353 e. The summed E-state index contributed by atoms with van der Waals surface area (Å²) in [5.41, 5.74) is 5.06. The molecule has 0 saturated carbocycles. The molecular weight excluding hydrogens is 488 g/mol. The molecule has 0 bridgehead atoms. The molecule has 6 nitrogen and oxygen atoms in total. The van der Waals surface area contributed by atoms with Crippen LogP contribution in [0.1, 0.15) is 28.8 Å². The van der Waals surface area contributed by atoms with E-state index < -0.39 is 5.92 Å². The minimum atomic E-state index is -0.524. The van der Waals surface area contributed by atoms with Gasteiger partial charge in [0.05, 0.1) is 28.3 Å². The van der Waals surface area contributed by atoms with E-state index in [0.717, 1.165) is 21.7 Å². The highest BCUT2D eigenvalue weighted by molar-refractivity contribution is 8.03. The summed E-state index contributed by atoms with van der Waals surface area (Å²) in [6.07, 6.45) is 0. The number of nitriles is 1. The Labute approximate surface area is 219 Å². The zero-order valence-corrected chi connectivity index (χ0v) is 21.8. The molecule has 1 aromatic heterocycles. The lowest BCUT2D eigenvalue weighted by atomic mass is 9.86.